The maximum Gasteiger partial charge on any atom is 0.0595 e. The van der Waals surface area contributed by atoms with Gasteiger partial charge in [-0.2, -0.15) is 0 Å². The van der Waals surface area contributed by atoms with Gasteiger partial charge in [0, 0.05) is 11.5 Å². The van der Waals surface area contributed by atoms with Gasteiger partial charge in [-0.05, 0) is 37.0 Å². The van der Waals surface area contributed by atoms with Crippen molar-refractivity contribution in [3.63, 3.8) is 0 Å². The van der Waals surface area contributed by atoms with Gasteiger partial charge in [0.25, 0.3) is 0 Å². The van der Waals surface area contributed by atoms with Gasteiger partial charge in [-0.1, -0.05) is 49.0 Å². The van der Waals surface area contributed by atoms with Crippen LogP contribution in [0.2, 0.25) is 10.0 Å². The average Bonchev–Trinajstić information content (AvgIpc) is 2.22. The molecule has 2 rings (SSSR count). The highest BCUT2D eigenvalue weighted by atomic mass is 35.5. The number of hydrogen-bond acceptors (Lipinski definition) is 1. The van der Waals surface area contributed by atoms with Crippen LogP contribution in [0.3, 0.4) is 0 Å². The van der Waals surface area contributed by atoms with E-state index in [1.165, 1.54) is 24.8 Å². The molecule has 1 aliphatic carbocycles. The van der Waals surface area contributed by atoms with Crippen LogP contribution in [-0.2, 0) is 5.41 Å². The van der Waals surface area contributed by atoms with E-state index in [1.54, 1.807) is 0 Å². The highest BCUT2D eigenvalue weighted by molar-refractivity contribution is 6.42. The van der Waals surface area contributed by atoms with Crippen LogP contribution in [-0.4, -0.2) is 6.04 Å². The van der Waals surface area contributed by atoms with Crippen molar-refractivity contribution in [2.75, 3.05) is 0 Å². The van der Waals surface area contributed by atoms with E-state index in [0.717, 1.165) is 12.8 Å². The number of rotatable bonds is 4. The van der Waals surface area contributed by atoms with Crippen LogP contribution in [0.1, 0.15) is 44.6 Å². The molecular weight excluding hydrogens is 289 g/mol. The van der Waals surface area contributed by atoms with E-state index in [9.17, 15) is 0 Å². The SMILES string of the molecule is CCCC(N)C1(c2ccc(Cl)c(Cl)c2)CCC1.Cl. The van der Waals surface area contributed by atoms with Gasteiger partial charge >= 0.3 is 0 Å². The van der Waals surface area contributed by atoms with Crippen molar-refractivity contribution in [2.45, 2.75) is 50.5 Å². The first kappa shape index (κ1) is 16.1. The lowest BCUT2D eigenvalue weighted by molar-refractivity contribution is 0.188. The molecule has 1 unspecified atom stereocenters. The molecule has 1 aliphatic rings. The van der Waals surface area contributed by atoms with Crippen molar-refractivity contribution >= 4 is 35.6 Å². The predicted molar refractivity (Wildman–Crippen MR) is 82.1 cm³/mol. The largest absolute Gasteiger partial charge is 0.327 e. The summed E-state index contributed by atoms with van der Waals surface area (Å²) < 4.78 is 0. The van der Waals surface area contributed by atoms with Gasteiger partial charge in [0.1, 0.15) is 0 Å². The Bertz CT molecular complexity index is 402. The second kappa shape index (κ2) is 6.47. The quantitative estimate of drug-likeness (QED) is 0.835. The molecule has 0 saturated heterocycles. The lowest BCUT2D eigenvalue weighted by atomic mass is 9.59. The molecule has 4 heteroatoms. The van der Waals surface area contributed by atoms with Crippen molar-refractivity contribution in [3.8, 4) is 0 Å². The summed E-state index contributed by atoms with van der Waals surface area (Å²) in [6.07, 6.45) is 5.81. The van der Waals surface area contributed by atoms with E-state index in [4.69, 9.17) is 28.9 Å². The highest BCUT2D eigenvalue weighted by Gasteiger charge is 2.43. The minimum Gasteiger partial charge on any atom is -0.327 e. The first-order chi connectivity index (χ1) is 8.10. The molecule has 1 atom stereocenters. The van der Waals surface area contributed by atoms with Gasteiger partial charge < -0.3 is 5.73 Å². The Labute approximate surface area is 125 Å². The molecule has 18 heavy (non-hydrogen) atoms. The summed E-state index contributed by atoms with van der Waals surface area (Å²) >= 11 is 12.1. The second-order valence-electron chi connectivity index (χ2n) is 5.03. The monoisotopic (exact) mass is 307 g/mol. The van der Waals surface area contributed by atoms with Crippen LogP contribution in [0.5, 0.6) is 0 Å². The Morgan fingerprint density at radius 1 is 1.28 bits per heavy atom. The maximum atomic E-state index is 6.37. The molecule has 0 radical (unpaired) electrons. The Morgan fingerprint density at radius 2 is 1.94 bits per heavy atom. The number of halogens is 3. The lowest BCUT2D eigenvalue weighted by Gasteiger charge is -2.47. The highest BCUT2D eigenvalue weighted by Crippen LogP contribution is 2.47. The number of hydrogen-bond donors (Lipinski definition) is 1. The fourth-order valence-electron chi connectivity index (χ4n) is 2.82. The van der Waals surface area contributed by atoms with E-state index in [0.29, 0.717) is 10.0 Å². The number of benzene rings is 1. The smallest absolute Gasteiger partial charge is 0.0595 e. The summed E-state index contributed by atoms with van der Waals surface area (Å²) in [5.41, 5.74) is 7.77. The maximum absolute atomic E-state index is 6.37. The third kappa shape index (κ3) is 2.80. The van der Waals surface area contributed by atoms with Gasteiger partial charge in [-0.15, -0.1) is 12.4 Å². The minimum atomic E-state index is 0. The van der Waals surface area contributed by atoms with Crippen molar-refractivity contribution < 1.29 is 0 Å². The summed E-state index contributed by atoms with van der Waals surface area (Å²) in [5, 5.41) is 1.26. The van der Waals surface area contributed by atoms with E-state index in [-0.39, 0.29) is 23.9 Å². The Kier molecular flexibility index (Phi) is 5.79. The first-order valence-electron chi connectivity index (χ1n) is 6.31. The fraction of sp³-hybridized carbons (Fsp3) is 0.571. The molecule has 2 N–H and O–H groups in total. The number of nitrogens with two attached hydrogens (primary N) is 1. The molecule has 1 aromatic rings. The Hall–Kier alpha value is 0.0500. The molecule has 0 bridgehead atoms. The summed E-state index contributed by atoms with van der Waals surface area (Å²) in [4.78, 5) is 0. The molecular formula is C14H20Cl3N. The van der Waals surface area contributed by atoms with Crippen LogP contribution >= 0.6 is 35.6 Å². The van der Waals surface area contributed by atoms with Crippen molar-refractivity contribution in [2.24, 2.45) is 5.73 Å². The molecule has 1 aromatic carbocycles. The third-order valence-electron chi connectivity index (χ3n) is 4.05. The topological polar surface area (TPSA) is 26.0 Å². The molecule has 1 nitrogen and oxygen atoms in total. The van der Waals surface area contributed by atoms with Crippen LogP contribution in [0.25, 0.3) is 0 Å². The lowest BCUT2D eigenvalue weighted by Crippen LogP contribution is -2.50. The molecule has 1 fully saturated rings. The van der Waals surface area contributed by atoms with E-state index < -0.39 is 0 Å². The van der Waals surface area contributed by atoms with E-state index in [1.807, 2.05) is 12.1 Å². The predicted octanol–water partition coefficient (Wildman–Crippen LogP) is 4.96. The van der Waals surface area contributed by atoms with Gasteiger partial charge in [-0.3, -0.25) is 0 Å². The summed E-state index contributed by atoms with van der Waals surface area (Å²) in [6.45, 7) is 2.18. The average molecular weight is 309 g/mol. The van der Waals surface area contributed by atoms with Gasteiger partial charge in [0.15, 0.2) is 0 Å². The van der Waals surface area contributed by atoms with Gasteiger partial charge in [-0.25, -0.2) is 0 Å². The van der Waals surface area contributed by atoms with Crippen molar-refractivity contribution in [3.05, 3.63) is 33.8 Å². The Balaban J connectivity index is 0.00000162. The summed E-state index contributed by atoms with van der Waals surface area (Å²) in [6, 6.07) is 6.21. The normalized spacial score (nSPS) is 18.7. The van der Waals surface area contributed by atoms with Crippen LogP contribution in [0.4, 0.5) is 0 Å². The summed E-state index contributed by atoms with van der Waals surface area (Å²) in [5.74, 6) is 0. The zero-order chi connectivity index (χ0) is 12.5. The second-order valence-corrected chi connectivity index (χ2v) is 5.85. The third-order valence-corrected chi connectivity index (χ3v) is 4.79. The first-order valence-corrected chi connectivity index (χ1v) is 7.07. The van der Waals surface area contributed by atoms with E-state index >= 15 is 0 Å². The van der Waals surface area contributed by atoms with Crippen LogP contribution in [0.15, 0.2) is 18.2 Å². The van der Waals surface area contributed by atoms with Crippen LogP contribution in [0, 0.1) is 0 Å². The standard InChI is InChI=1S/C14H19Cl2N.ClH/c1-2-4-13(17)14(7-3-8-14)10-5-6-11(15)12(16)9-10;/h5-6,9,13H,2-4,7-8,17H2,1H3;1H. The van der Waals surface area contributed by atoms with Crippen molar-refractivity contribution in [1.82, 2.24) is 0 Å². The van der Waals surface area contributed by atoms with Gasteiger partial charge in [0.05, 0.1) is 10.0 Å². The molecule has 0 aliphatic heterocycles. The zero-order valence-corrected chi connectivity index (χ0v) is 12.9. The molecule has 0 heterocycles. The molecule has 1 saturated carbocycles. The summed E-state index contributed by atoms with van der Waals surface area (Å²) in [7, 11) is 0. The van der Waals surface area contributed by atoms with E-state index in [2.05, 4.69) is 13.0 Å². The zero-order valence-electron chi connectivity index (χ0n) is 10.6. The Morgan fingerprint density at radius 3 is 2.39 bits per heavy atom. The minimum absolute atomic E-state index is 0. The fourth-order valence-corrected chi connectivity index (χ4v) is 3.12. The van der Waals surface area contributed by atoms with Crippen molar-refractivity contribution in [1.29, 1.82) is 0 Å². The molecule has 0 spiro atoms. The van der Waals surface area contributed by atoms with Crippen LogP contribution < -0.4 is 5.73 Å². The molecule has 102 valence electrons. The van der Waals surface area contributed by atoms with Gasteiger partial charge in [0.2, 0.25) is 0 Å². The molecule has 0 amide bonds. The molecule has 0 aromatic heterocycles.